The van der Waals surface area contributed by atoms with Gasteiger partial charge in [-0.25, -0.2) is 0 Å². The summed E-state index contributed by atoms with van der Waals surface area (Å²) in [6.45, 7) is 5.42. The van der Waals surface area contributed by atoms with Crippen molar-refractivity contribution in [2.45, 2.75) is 33.0 Å². The zero-order chi connectivity index (χ0) is 18.3. The highest BCUT2D eigenvalue weighted by Gasteiger charge is 2.25. The second-order valence-corrected chi connectivity index (χ2v) is 6.84. The van der Waals surface area contributed by atoms with Crippen molar-refractivity contribution < 1.29 is 9.59 Å². The van der Waals surface area contributed by atoms with Gasteiger partial charge in [0.05, 0.1) is 18.8 Å². The van der Waals surface area contributed by atoms with E-state index in [-0.39, 0.29) is 17.9 Å². The minimum absolute atomic E-state index is 0.00386. The molecule has 3 heterocycles. The van der Waals surface area contributed by atoms with Crippen molar-refractivity contribution in [1.29, 1.82) is 0 Å². The molecule has 2 amide bonds. The fourth-order valence-corrected chi connectivity index (χ4v) is 3.33. The number of hydrogen-bond donors (Lipinski definition) is 2. The number of nitrogens with zero attached hydrogens (tertiary/aromatic N) is 3. The second-order valence-electron chi connectivity index (χ2n) is 6.84. The highest BCUT2D eigenvalue weighted by Crippen LogP contribution is 2.22. The maximum atomic E-state index is 13.0. The number of aromatic amines is 1. The van der Waals surface area contributed by atoms with Crippen LogP contribution in [0.1, 0.15) is 40.4 Å². The molecule has 0 unspecified atom stereocenters. The third-order valence-electron chi connectivity index (χ3n) is 4.56. The number of amides is 2. The lowest BCUT2D eigenvalue weighted by molar-refractivity contribution is 0.0707. The Morgan fingerprint density at radius 3 is 2.88 bits per heavy atom. The Morgan fingerprint density at radius 1 is 1.23 bits per heavy atom. The Hall–Kier alpha value is -3.09. The molecule has 0 atom stereocenters. The lowest BCUT2D eigenvalue weighted by Gasteiger charge is -2.28. The molecule has 1 aliphatic heterocycles. The van der Waals surface area contributed by atoms with Crippen LogP contribution in [-0.2, 0) is 13.1 Å². The van der Waals surface area contributed by atoms with Crippen LogP contribution in [0.15, 0.2) is 36.5 Å². The van der Waals surface area contributed by atoms with Crippen LogP contribution in [0.4, 0.5) is 0 Å². The molecular formula is C19H21N5O2. The van der Waals surface area contributed by atoms with Crippen LogP contribution in [0.25, 0.3) is 10.9 Å². The van der Waals surface area contributed by atoms with Crippen molar-refractivity contribution in [3.05, 3.63) is 53.5 Å². The van der Waals surface area contributed by atoms with Crippen LogP contribution in [0.2, 0.25) is 0 Å². The first-order chi connectivity index (χ1) is 12.5. The van der Waals surface area contributed by atoms with E-state index in [0.717, 1.165) is 16.6 Å². The van der Waals surface area contributed by atoms with Gasteiger partial charge in [0.25, 0.3) is 11.8 Å². The summed E-state index contributed by atoms with van der Waals surface area (Å²) in [5, 5.41) is 8.14. The highest BCUT2D eigenvalue weighted by atomic mass is 16.2. The maximum absolute atomic E-state index is 13.0. The minimum atomic E-state index is -0.183. The molecule has 26 heavy (non-hydrogen) atoms. The number of hydrogen-bond acceptors (Lipinski definition) is 3. The van der Waals surface area contributed by atoms with Crippen molar-refractivity contribution in [3.63, 3.8) is 0 Å². The molecule has 0 fully saturated rings. The van der Waals surface area contributed by atoms with Crippen LogP contribution in [0.5, 0.6) is 0 Å². The van der Waals surface area contributed by atoms with Crippen LogP contribution in [0.3, 0.4) is 0 Å². The first-order valence-corrected chi connectivity index (χ1v) is 8.76. The molecule has 0 spiro atoms. The Bertz CT molecular complexity index is 985. The van der Waals surface area contributed by atoms with Crippen molar-refractivity contribution in [1.82, 2.24) is 25.0 Å². The van der Waals surface area contributed by atoms with E-state index in [0.29, 0.717) is 30.9 Å². The fourth-order valence-electron chi connectivity index (χ4n) is 3.33. The maximum Gasteiger partial charge on any atom is 0.271 e. The normalized spacial score (nSPS) is 13.9. The summed E-state index contributed by atoms with van der Waals surface area (Å²) in [6.07, 6.45) is 1.84. The number of benzene rings is 1. The standard InChI is InChI=1S/C19H21N5O2/c1-12(2)21-18(25)17-10-13-11-23(8-9-24(13)22-17)19(26)15-4-3-5-16-14(15)6-7-20-16/h3-7,10,12,20H,8-9,11H2,1-2H3,(H,21,25). The smallest absolute Gasteiger partial charge is 0.271 e. The Labute approximate surface area is 151 Å². The van der Waals surface area contributed by atoms with Gasteiger partial charge in [-0.15, -0.1) is 0 Å². The van der Waals surface area contributed by atoms with Gasteiger partial charge in [-0.3, -0.25) is 14.3 Å². The van der Waals surface area contributed by atoms with Crippen molar-refractivity contribution >= 4 is 22.7 Å². The molecule has 2 N–H and O–H groups in total. The molecule has 0 aliphatic carbocycles. The number of fused-ring (bicyclic) bond motifs is 2. The molecule has 0 saturated carbocycles. The van der Waals surface area contributed by atoms with Gasteiger partial charge in [-0.05, 0) is 38.1 Å². The van der Waals surface area contributed by atoms with E-state index in [9.17, 15) is 9.59 Å². The summed E-state index contributed by atoms with van der Waals surface area (Å²) in [5.74, 6) is -0.187. The monoisotopic (exact) mass is 351 g/mol. The summed E-state index contributed by atoms with van der Waals surface area (Å²) in [6, 6.07) is 9.44. The van der Waals surface area contributed by atoms with Gasteiger partial charge in [0.15, 0.2) is 5.69 Å². The van der Waals surface area contributed by atoms with Gasteiger partial charge in [0.1, 0.15) is 0 Å². The third-order valence-corrected chi connectivity index (χ3v) is 4.56. The Morgan fingerprint density at radius 2 is 2.08 bits per heavy atom. The topological polar surface area (TPSA) is 83.0 Å². The number of carbonyl (C=O) groups is 2. The van der Waals surface area contributed by atoms with E-state index >= 15 is 0 Å². The van der Waals surface area contributed by atoms with Gasteiger partial charge in [0, 0.05) is 35.2 Å². The molecule has 0 radical (unpaired) electrons. The SMILES string of the molecule is CC(C)NC(=O)c1cc2n(n1)CCN(C(=O)c1cccc3[nH]ccc13)C2. The summed E-state index contributed by atoms with van der Waals surface area (Å²) in [5.41, 5.74) is 2.91. The zero-order valence-corrected chi connectivity index (χ0v) is 14.8. The van der Waals surface area contributed by atoms with Crippen LogP contribution < -0.4 is 5.32 Å². The highest BCUT2D eigenvalue weighted by molar-refractivity contribution is 6.06. The average molecular weight is 351 g/mol. The van der Waals surface area contributed by atoms with E-state index in [1.54, 1.807) is 6.07 Å². The predicted octanol–water partition coefficient (Wildman–Crippen LogP) is 2.16. The van der Waals surface area contributed by atoms with E-state index in [4.69, 9.17) is 0 Å². The van der Waals surface area contributed by atoms with Crippen molar-refractivity contribution in [2.75, 3.05) is 6.54 Å². The molecule has 0 saturated heterocycles. The van der Waals surface area contributed by atoms with Gasteiger partial charge < -0.3 is 15.2 Å². The first-order valence-electron chi connectivity index (χ1n) is 8.76. The first kappa shape index (κ1) is 16.4. The molecule has 2 aromatic heterocycles. The fraction of sp³-hybridized carbons (Fsp3) is 0.316. The van der Waals surface area contributed by atoms with Crippen molar-refractivity contribution in [2.24, 2.45) is 0 Å². The third kappa shape index (κ3) is 2.85. The molecule has 4 rings (SSSR count). The number of carbonyl (C=O) groups excluding carboxylic acids is 2. The molecule has 7 nitrogen and oxygen atoms in total. The molecular weight excluding hydrogens is 330 g/mol. The Kier molecular flexibility index (Phi) is 3.99. The molecule has 134 valence electrons. The van der Waals surface area contributed by atoms with E-state index in [2.05, 4.69) is 15.4 Å². The molecule has 7 heteroatoms. The van der Waals surface area contributed by atoms with Gasteiger partial charge in [0.2, 0.25) is 0 Å². The number of nitrogens with one attached hydrogen (secondary N) is 2. The molecule has 3 aromatic rings. The average Bonchev–Trinajstić information content (AvgIpc) is 3.26. The second kappa shape index (κ2) is 6.33. The number of H-pyrrole nitrogens is 1. The van der Waals surface area contributed by atoms with Gasteiger partial charge in [-0.2, -0.15) is 5.10 Å². The predicted molar refractivity (Wildman–Crippen MR) is 97.9 cm³/mol. The summed E-state index contributed by atoms with van der Waals surface area (Å²) in [4.78, 5) is 30.1. The van der Waals surface area contributed by atoms with Crippen LogP contribution in [-0.4, -0.2) is 44.1 Å². The number of rotatable bonds is 3. The summed E-state index contributed by atoms with van der Waals surface area (Å²) in [7, 11) is 0. The van der Waals surface area contributed by atoms with Gasteiger partial charge in [-0.1, -0.05) is 6.07 Å². The summed E-state index contributed by atoms with van der Waals surface area (Å²) >= 11 is 0. The number of aromatic nitrogens is 3. The minimum Gasteiger partial charge on any atom is -0.361 e. The molecule has 1 aliphatic rings. The van der Waals surface area contributed by atoms with E-state index in [1.807, 2.05) is 53.9 Å². The zero-order valence-electron chi connectivity index (χ0n) is 14.8. The molecule has 1 aromatic carbocycles. The van der Waals surface area contributed by atoms with E-state index in [1.165, 1.54) is 0 Å². The largest absolute Gasteiger partial charge is 0.361 e. The quantitative estimate of drug-likeness (QED) is 0.758. The van der Waals surface area contributed by atoms with Crippen molar-refractivity contribution in [3.8, 4) is 0 Å². The lowest BCUT2D eigenvalue weighted by Crippen LogP contribution is -2.38. The lowest BCUT2D eigenvalue weighted by atomic mass is 10.1. The van der Waals surface area contributed by atoms with Gasteiger partial charge >= 0.3 is 0 Å². The van der Waals surface area contributed by atoms with Crippen LogP contribution in [0, 0.1) is 0 Å². The summed E-state index contributed by atoms with van der Waals surface area (Å²) < 4.78 is 1.82. The van der Waals surface area contributed by atoms with Crippen LogP contribution >= 0.6 is 0 Å². The molecule has 0 bridgehead atoms. The van der Waals surface area contributed by atoms with E-state index < -0.39 is 0 Å². The Balaban J connectivity index is 1.57.